The molecule has 2 N–H and O–H groups in total. The van der Waals surface area contributed by atoms with Crippen LogP contribution in [0, 0.1) is 11.6 Å². The predicted molar refractivity (Wildman–Crippen MR) is 119 cm³/mol. The molecule has 33 heavy (non-hydrogen) atoms. The van der Waals surface area contributed by atoms with Gasteiger partial charge in [0.05, 0.1) is 0 Å². The number of hydrogen-bond donors (Lipinski definition) is 2. The predicted octanol–water partition coefficient (Wildman–Crippen LogP) is 5.54. The Balaban J connectivity index is 1.39. The van der Waals surface area contributed by atoms with Crippen LogP contribution in [-0.4, -0.2) is 29.8 Å². The molecule has 4 rings (SSSR count). The van der Waals surface area contributed by atoms with Crippen LogP contribution in [0.15, 0.2) is 60.7 Å². The van der Waals surface area contributed by atoms with Gasteiger partial charge in [-0.15, -0.1) is 0 Å². The summed E-state index contributed by atoms with van der Waals surface area (Å²) in [6.45, 7) is 0.0415. The molecule has 0 unspecified atom stereocenters. The van der Waals surface area contributed by atoms with Crippen LogP contribution in [-0.2, 0) is 16.0 Å². The number of amides is 1. The second-order valence-corrected chi connectivity index (χ2v) is 8.15. The highest BCUT2D eigenvalue weighted by Gasteiger charge is 2.29. The minimum Gasteiger partial charge on any atom is -0.480 e. The van der Waals surface area contributed by atoms with E-state index in [0.29, 0.717) is 0 Å². The van der Waals surface area contributed by atoms with Crippen molar-refractivity contribution in [2.45, 2.75) is 24.8 Å². The maximum atomic E-state index is 13.6. The van der Waals surface area contributed by atoms with Gasteiger partial charge in [0.1, 0.15) is 29.3 Å². The summed E-state index contributed by atoms with van der Waals surface area (Å²) in [5.41, 5.74) is 4.46. The standard InChI is InChI=1S/C25H20ClF2NO4/c26-23-20(27)11-14(12-21(23)28)9-10-22(24(30)31)29-25(32)33-13-19-17-7-3-1-5-15(17)16-6-2-4-8-18(16)19/h1-8,11-12,19,22H,9-10,13H2,(H,29,32)(H,30,31)/t22-/m0/s1. The highest BCUT2D eigenvalue weighted by atomic mass is 35.5. The van der Waals surface area contributed by atoms with Crippen molar-refractivity contribution in [3.05, 3.63) is 94.0 Å². The number of halogens is 3. The Morgan fingerprint density at radius 2 is 1.55 bits per heavy atom. The van der Waals surface area contributed by atoms with Crippen LogP contribution in [0.3, 0.4) is 0 Å². The zero-order chi connectivity index (χ0) is 23.5. The van der Waals surface area contributed by atoms with E-state index in [2.05, 4.69) is 5.32 Å². The lowest BCUT2D eigenvalue weighted by molar-refractivity contribution is -0.139. The molecule has 0 spiro atoms. The number of fused-ring (bicyclic) bond motifs is 3. The van der Waals surface area contributed by atoms with Gasteiger partial charge in [-0.25, -0.2) is 18.4 Å². The molecule has 0 bridgehead atoms. The van der Waals surface area contributed by atoms with E-state index in [9.17, 15) is 23.5 Å². The normalized spacial score (nSPS) is 13.2. The third-order valence-electron chi connectivity index (χ3n) is 5.70. The molecule has 5 nitrogen and oxygen atoms in total. The highest BCUT2D eigenvalue weighted by Crippen LogP contribution is 2.44. The third kappa shape index (κ3) is 4.83. The highest BCUT2D eigenvalue weighted by molar-refractivity contribution is 6.30. The molecular formula is C25H20ClF2NO4. The fourth-order valence-electron chi connectivity index (χ4n) is 4.10. The van der Waals surface area contributed by atoms with Crippen LogP contribution < -0.4 is 5.32 Å². The summed E-state index contributed by atoms with van der Waals surface area (Å²) in [7, 11) is 0. The molecule has 0 saturated carbocycles. The average Bonchev–Trinajstić information content (AvgIpc) is 3.12. The quantitative estimate of drug-likeness (QED) is 0.443. The number of nitrogens with one attached hydrogen (secondary N) is 1. The largest absolute Gasteiger partial charge is 0.480 e. The van der Waals surface area contributed by atoms with E-state index < -0.39 is 34.8 Å². The van der Waals surface area contributed by atoms with Crippen molar-refractivity contribution >= 4 is 23.7 Å². The average molecular weight is 472 g/mol. The van der Waals surface area contributed by atoms with Gasteiger partial charge in [0.15, 0.2) is 0 Å². The molecule has 1 aliphatic carbocycles. The van der Waals surface area contributed by atoms with Gasteiger partial charge in [0.25, 0.3) is 0 Å². The van der Waals surface area contributed by atoms with Gasteiger partial charge >= 0.3 is 12.1 Å². The first-order chi connectivity index (χ1) is 15.8. The first kappa shape index (κ1) is 22.7. The Morgan fingerprint density at radius 3 is 2.09 bits per heavy atom. The van der Waals surface area contributed by atoms with Gasteiger partial charge in [-0.05, 0) is 52.8 Å². The molecule has 0 radical (unpaired) electrons. The van der Waals surface area contributed by atoms with Crippen LogP contribution in [0.25, 0.3) is 11.1 Å². The van der Waals surface area contributed by atoms with E-state index in [-0.39, 0.29) is 30.9 Å². The first-order valence-electron chi connectivity index (χ1n) is 10.3. The number of alkyl carbamates (subject to hydrolysis) is 1. The van der Waals surface area contributed by atoms with E-state index >= 15 is 0 Å². The molecule has 0 fully saturated rings. The van der Waals surface area contributed by atoms with Crippen molar-refractivity contribution in [3.63, 3.8) is 0 Å². The third-order valence-corrected chi connectivity index (χ3v) is 6.06. The number of carbonyl (C=O) groups is 2. The lowest BCUT2D eigenvalue weighted by Gasteiger charge is -2.17. The van der Waals surface area contributed by atoms with Crippen LogP contribution in [0.2, 0.25) is 5.02 Å². The van der Waals surface area contributed by atoms with Gasteiger partial charge in [-0.3, -0.25) is 0 Å². The lowest BCUT2D eigenvalue weighted by Crippen LogP contribution is -2.41. The molecule has 1 aliphatic rings. The monoisotopic (exact) mass is 471 g/mol. The van der Waals surface area contributed by atoms with Gasteiger partial charge in [0, 0.05) is 5.92 Å². The summed E-state index contributed by atoms with van der Waals surface area (Å²) in [4.78, 5) is 24.0. The van der Waals surface area contributed by atoms with Crippen molar-refractivity contribution < 1.29 is 28.2 Å². The Morgan fingerprint density at radius 1 is 1.00 bits per heavy atom. The van der Waals surface area contributed by atoms with Crippen LogP contribution in [0.5, 0.6) is 0 Å². The van der Waals surface area contributed by atoms with Crippen LogP contribution >= 0.6 is 11.6 Å². The number of carbonyl (C=O) groups excluding carboxylic acids is 1. The summed E-state index contributed by atoms with van der Waals surface area (Å²) >= 11 is 5.47. The zero-order valence-corrected chi connectivity index (χ0v) is 18.1. The number of aryl methyl sites for hydroxylation is 1. The molecule has 170 valence electrons. The Kier molecular flexibility index (Phi) is 6.60. The van der Waals surface area contributed by atoms with Crippen molar-refractivity contribution in [1.29, 1.82) is 0 Å². The molecule has 3 aromatic rings. The maximum Gasteiger partial charge on any atom is 0.407 e. The Bertz CT molecular complexity index is 1150. The molecular weight excluding hydrogens is 452 g/mol. The van der Waals surface area contributed by atoms with E-state index in [1.165, 1.54) is 0 Å². The molecule has 0 aromatic heterocycles. The fourth-order valence-corrected chi connectivity index (χ4v) is 4.21. The van der Waals surface area contributed by atoms with E-state index in [0.717, 1.165) is 34.4 Å². The maximum absolute atomic E-state index is 13.6. The number of carboxylic acid groups (broad SMARTS) is 1. The van der Waals surface area contributed by atoms with Gasteiger partial charge in [-0.2, -0.15) is 0 Å². The number of carboxylic acids is 1. The van der Waals surface area contributed by atoms with Gasteiger partial charge in [0.2, 0.25) is 0 Å². The van der Waals surface area contributed by atoms with E-state index in [1.807, 2.05) is 48.5 Å². The molecule has 0 heterocycles. The molecule has 8 heteroatoms. The first-order valence-corrected chi connectivity index (χ1v) is 10.7. The number of benzene rings is 3. The zero-order valence-electron chi connectivity index (χ0n) is 17.4. The summed E-state index contributed by atoms with van der Waals surface area (Å²) in [5, 5.41) is 11.2. The second kappa shape index (κ2) is 9.58. The minimum absolute atomic E-state index is 0.0195. The molecule has 3 aromatic carbocycles. The van der Waals surface area contributed by atoms with E-state index in [4.69, 9.17) is 16.3 Å². The Labute approximate surface area is 194 Å². The summed E-state index contributed by atoms with van der Waals surface area (Å²) in [6.07, 6.45) is -0.941. The smallest absolute Gasteiger partial charge is 0.407 e. The van der Waals surface area contributed by atoms with Crippen LogP contribution in [0.4, 0.5) is 13.6 Å². The summed E-state index contributed by atoms with van der Waals surface area (Å²) < 4.78 is 32.6. The number of rotatable bonds is 7. The molecule has 0 aliphatic heterocycles. The van der Waals surface area contributed by atoms with Crippen LogP contribution in [0.1, 0.15) is 29.0 Å². The van der Waals surface area contributed by atoms with Crippen molar-refractivity contribution in [2.75, 3.05) is 6.61 Å². The fraction of sp³-hybridized carbons (Fsp3) is 0.200. The molecule has 1 amide bonds. The second-order valence-electron chi connectivity index (χ2n) is 7.77. The minimum atomic E-state index is -1.29. The summed E-state index contributed by atoms with van der Waals surface area (Å²) in [5.74, 6) is -3.30. The SMILES string of the molecule is O=C(N[C@@H](CCc1cc(F)c(Cl)c(F)c1)C(=O)O)OCC1c2ccccc2-c2ccccc21. The van der Waals surface area contributed by atoms with Crippen molar-refractivity contribution in [2.24, 2.45) is 0 Å². The number of hydrogen-bond acceptors (Lipinski definition) is 3. The Hall–Kier alpha value is -3.45. The lowest BCUT2D eigenvalue weighted by atomic mass is 9.98. The van der Waals surface area contributed by atoms with E-state index in [1.54, 1.807) is 0 Å². The van der Waals surface area contributed by atoms with Gasteiger partial charge < -0.3 is 15.2 Å². The topological polar surface area (TPSA) is 75.6 Å². The molecule has 0 saturated heterocycles. The number of aliphatic carboxylic acids is 1. The summed E-state index contributed by atoms with van der Waals surface area (Å²) in [6, 6.07) is 16.5. The number of ether oxygens (including phenoxy) is 1. The molecule has 1 atom stereocenters. The van der Waals surface area contributed by atoms with Crippen molar-refractivity contribution in [1.82, 2.24) is 5.32 Å². The van der Waals surface area contributed by atoms with Gasteiger partial charge in [-0.1, -0.05) is 60.1 Å². The van der Waals surface area contributed by atoms with Crippen molar-refractivity contribution in [3.8, 4) is 11.1 Å².